The highest BCUT2D eigenvalue weighted by Crippen LogP contribution is 2.38. The van der Waals surface area contributed by atoms with Gasteiger partial charge >= 0.3 is 0 Å². The van der Waals surface area contributed by atoms with Crippen LogP contribution >= 0.6 is 15.9 Å². The van der Waals surface area contributed by atoms with Gasteiger partial charge in [-0.3, -0.25) is 0 Å². The first-order valence-corrected chi connectivity index (χ1v) is 6.26. The molecule has 0 amide bonds. The second-order valence-electron chi connectivity index (χ2n) is 3.91. The first-order valence-electron chi connectivity index (χ1n) is 5.47. The zero-order valence-corrected chi connectivity index (χ0v) is 10.9. The van der Waals surface area contributed by atoms with Crippen molar-refractivity contribution in [1.82, 2.24) is 4.98 Å². The van der Waals surface area contributed by atoms with Crippen LogP contribution in [0, 0.1) is 0 Å². The zero-order chi connectivity index (χ0) is 12.0. The number of furan rings is 1. The van der Waals surface area contributed by atoms with E-state index in [2.05, 4.69) is 20.9 Å². The molecule has 4 heteroatoms. The van der Waals surface area contributed by atoms with Crippen molar-refractivity contribution in [3.63, 3.8) is 0 Å². The number of hydrogen-bond acceptors (Lipinski definition) is 3. The van der Waals surface area contributed by atoms with E-state index in [1.807, 2.05) is 31.2 Å². The van der Waals surface area contributed by atoms with E-state index < -0.39 is 0 Å². The van der Waals surface area contributed by atoms with Gasteiger partial charge in [0.1, 0.15) is 5.76 Å². The van der Waals surface area contributed by atoms with Crippen LogP contribution in [0.25, 0.3) is 21.9 Å². The number of fused-ring (bicyclic) bond motifs is 3. The number of nitrogens with two attached hydrogens (primary N) is 1. The molecule has 0 aliphatic rings. The first kappa shape index (κ1) is 10.6. The molecule has 1 aromatic carbocycles. The average molecular weight is 291 g/mol. The first-order chi connectivity index (χ1) is 8.22. The van der Waals surface area contributed by atoms with Crippen LogP contribution in [0.3, 0.4) is 0 Å². The molecule has 0 saturated carbocycles. The Morgan fingerprint density at radius 3 is 2.88 bits per heavy atom. The quantitative estimate of drug-likeness (QED) is 0.740. The van der Waals surface area contributed by atoms with Gasteiger partial charge in [0.2, 0.25) is 0 Å². The van der Waals surface area contributed by atoms with E-state index in [1.165, 1.54) is 0 Å². The number of pyridine rings is 1. The predicted molar refractivity (Wildman–Crippen MR) is 73.0 cm³/mol. The predicted octanol–water partition coefficient (Wildman–Crippen LogP) is 3.89. The fraction of sp³-hybridized carbons (Fsp3) is 0.154. The Hall–Kier alpha value is -1.55. The fourth-order valence-corrected chi connectivity index (χ4v) is 2.82. The minimum Gasteiger partial charge on any atom is -0.456 e. The Balaban J connectivity index is 2.59. The van der Waals surface area contributed by atoms with Crippen molar-refractivity contribution in [2.45, 2.75) is 13.3 Å². The van der Waals surface area contributed by atoms with Gasteiger partial charge in [0.05, 0.1) is 9.99 Å². The highest BCUT2D eigenvalue weighted by molar-refractivity contribution is 9.10. The topological polar surface area (TPSA) is 52.0 Å². The second-order valence-corrected chi connectivity index (χ2v) is 4.70. The number of hydrogen-bond donors (Lipinski definition) is 1. The lowest BCUT2D eigenvalue weighted by molar-refractivity contribution is 0.554. The summed E-state index contributed by atoms with van der Waals surface area (Å²) in [5, 5.41) is 2.08. The smallest absolute Gasteiger partial charge is 0.178 e. The lowest BCUT2D eigenvalue weighted by Crippen LogP contribution is -1.91. The SMILES string of the molecule is CCc1oc2c(N)nc3ccccc3c2c1Br. The Labute approximate surface area is 107 Å². The van der Waals surface area contributed by atoms with Crippen LogP contribution in [-0.4, -0.2) is 4.98 Å². The summed E-state index contributed by atoms with van der Waals surface area (Å²) in [6, 6.07) is 7.93. The van der Waals surface area contributed by atoms with Crippen molar-refractivity contribution in [2.24, 2.45) is 0 Å². The summed E-state index contributed by atoms with van der Waals surface area (Å²) in [6.07, 6.45) is 0.822. The van der Waals surface area contributed by atoms with Crippen LogP contribution in [0.2, 0.25) is 0 Å². The number of rotatable bonds is 1. The molecule has 2 heterocycles. The van der Waals surface area contributed by atoms with Crippen molar-refractivity contribution in [2.75, 3.05) is 5.73 Å². The molecule has 0 saturated heterocycles. The molecule has 3 aromatic rings. The normalized spacial score (nSPS) is 11.4. The van der Waals surface area contributed by atoms with E-state index in [4.69, 9.17) is 10.2 Å². The molecular weight excluding hydrogens is 280 g/mol. The van der Waals surface area contributed by atoms with Crippen molar-refractivity contribution in [1.29, 1.82) is 0 Å². The molecule has 0 radical (unpaired) electrons. The molecule has 0 aliphatic carbocycles. The summed E-state index contributed by atoms with van der Waals surface area (Å²) in [7, 11) is 0. The van der Waals surface area contributed by atoms with Gasteiger partial charge in [0.25, 0.3) is 0 Å². The van der Waals surface area contributed by atoms with Crippen molar-refractivity contribution < 1.29 is 4.42 Å². The summed E-state index contributed by atoms with van der Waals surface area (Å²) in [6.45, 7) is 2.05. The fourth-order valence-electron chi connectivity index (χ4n) is 2.07. The second kappa shape index (κ2) is 3.74. The van der Waals surface area contributed by atoms with Crippen LogP contribution in [-0.2, 0) is 6.42 Å². The largest absolute Gasteiger partial charge is 0.456 e. The van der Waals surface area contributed by atoms with Crippen molar-refractivity contribution in [3.05, 3.63) is 34.5 Å². The molecule has 2 N–H and O–H groups in total. The third-order valence-electron chi connectivity index (χ3n) is 2.88. The summed E-state index contributed by atoms with van der Waals surface area (Å²) in [4.78, 5) is 4.36. The van der Waals surface area contributed by atoms with Crippen LogP contribution < -0.4 is 5.73 Å². The van der Waals surface area contributed by atoms with Crippen molar-refractivity contribution >= 4 is 43.6 Å². The maximum absolute atomic E-state index is 5.93. The Morgan fingerprint density at radius 2 is 2.12 bits per heavy atom. The molecule has 2 aromatic heterocycles. The van der Waals surface area contributed by atoms with Crippen LogP contribution in [0.15, 0.2) is 33.2 Å². The maximum atomic E-state index is 5.93. The van der Waals surface area contributed by atoms with Crippen LogP contribution in [0.5, 0.6) is 0 Å². The Kier molecular flexibility index (Phi) is 2.33. The maximum Gasteiger partial charge on any atom is 0.178 e. The Bertz CT molecular complexity index is 718. The van der Waals surface area contributed by atoms with E-state index in [0.717, 1.165) is 32.9 Å². The van der Waals surface area contributed by atoms with E-state index in [0.29, 0.717) is 11.4 Å². The molecule has 0 fully saturated rings. The zero-order valence-electron chi connectivity index (χ0n) is 9.33. The number of benzene rings is 1. The molecule has 0 atom stereocenters. The molecule has 17 heavy (non-hydrogen) atoms. The number of nitrogens with zero attached hydrogens (tertiary/aromatic N) is 1. The van der Waals surface area contributed by atoms with Crippen LogP contribution in [0.4, 0.5) is 5.82 Å². The number of halogens is 1. The molecular formula is C13H11BrN2O. The minimum absolute atomic E-state index is 0.444. The van der Waals surface area contributed by atoms with Gasteiger partial charge in [0.15, 0.2) is 11.4 Å². The lowest BCUT2D eigenvalue weighted by Gasteiger charge is -2.00. The van der Waals surface area contributed by atoms with E-state index in [1.54, 1.807) is 0 Å². The molecule has 86 valence electrons. The third kappa shape index (κ3) is 1.44. The van der Waals surface area contributed by atoms with Gasteiger partial charge < -0.3 is 10.2 Å². The van der Waals surface area contributed by atoms with Gasteiger partial charge in [-0.05, 0) is 22.0 Å². The summed E-state index contributed by atoms with van der Waals surface area (Å²) in [5.41, 5.74) is 7.50. The number of aromatic nitrogens is 1. The number of para-hydroxylation sites is 1. The third-order valence-corrected chi connectivity index (χ3v) is 3.72. The standard InChI is InChI=1S/C13H11BrN2O/c1-2-9-11(14)10-7-5-3-4-6-8(7)16-13(15)12(10)17-9/h3-6H,2H2,1H3,(H2,15,16). The summed E-state index contributed by atoms with van der Waals surface area (Å²) in [5.74, 6) is 1.35. The summed E-state index contributed by atoms with van der Waals surface area (Å²) >= 11 is 3.59. The Morgan fingerprint density at radius 1 is 1.35 bits per heavy atom. The van der Waals surface area contributed by atoms with E-state index in [-0.39, 0.29) is 0 Å². The number of nitrogen functional groups attached to an aromatic ring is 1. The van der Waals surface area contributed by atoms with Gasteiger partial charge in [-0.2, -0.15) is 0 Å². The highest BCUT2D eigenvalue weighted by atomic mass is 79.9. The van der Waals surface area contributed by atoms with Gasteiger partial charge in [0, 0.05) is 17.2 Å². The molecule has 3 rings (SSSR count). The number of anilines is 1. The van der Waals surface area contributed by atoms with Gasteiger partial charge in [-0.25, -0.2) is 4.98 Å². The molecule has 0 bridgehead atoms. The minimum atomic E-state index is 0.444. The van der Waals surface area contributed by atoms with E-state index in [9.17, 15) is 0 Å². The average Bonchev–Trinajstić information content (AvgIpc) is 2.68. The molecule has 3 nitrogen and oxygen atoms in total. The lowest BCUT2D eigenvalue weighted by atomic mass is 10.1. The monoisotopic (exact) mass is 290 g/mol. The molecule has 0 spiro atoms. The summed E-state index contributed by atoms with van der Waals surface area (Å²) < 4.78 is 6.74. The molecule has 0 unspecified atom stereocenters. The molecule has 0 aliphatic heterocycles. The highest BCUT2D eigenvalue weighted by Gasteiger charge is 2.16. The number of aryl methyl sites for hydroxylation is 1. The van der Waals surface area contributed by atoms with Gasteiger partial charge in [-0.1, -0.05) is 25.1 Å². The van der Waals surface area contributed by atoms with E-state index >= 15 is 0 Å². The van der Waals surface area contributed by atoms with Crippen molar-refractivity contribution in [3.8, 4) is 0 Å². The van der Waals surface area contributed by atoms with Crippen LogP contribution in [0.1, 0.15) is 12.7 Å². The van der Waals surface area contributed by atoms with Gasteiger partial charge in [-0.15, -0.1) is 0 Å².